The third-order valence-corrected chi connectivity index (χ3v) is 13.6. The van der Waals surface area contributed by atoms with Crippen LogP contribution in [0.2, 0.25) is 0 Å². The fraction of sp³-hybridized carbons (Fsp3) is 0.103. The Balaban J connectivity index is 1.11. The van der Waals surface area contributed by atoms with Crippen molar-refractivity contribution in [2.75, 3.05) is 4.90 Å². The van der Waals surface area contributed by atoms with Crippen molar-refractivity contribution < 1.29 is 4.74 Å². The van der Waals surface area contributed by atoms with E-state index < -0.39 is 0 Å². The summed E-state index contributed by atoms with van der Waals surface area (Å²) in [7, 11) is 0. The molecular formula is C58H43NO. The summed E-state index contributed by atoms with van der Waals surface area (Å²) in [4.78, 5) is 2.47. The Hall–Kier alpha value is -7.16. The van der Waals surface area contributed by atoms with E-state index in [1.165, 1.54) is 66.6 Å². The Morgan fingerprint density at radius 3 is 1.48 bits per heavy atom. The number of hydrogen-bond donors (Lipinski definition) is 0. The highest BCUT2D eigenvalue weighted by Crippen LogP contribution is 2.56. The van der Waals surface area contributed by atoms with Gasteiger partial charge in [0.2, 0.25) is 0 Å². The molecule has 0 saturated carbocycles. The second-order valence-corrected chi connectivity index (χ2v) is 17.7. The Bertz CT molecular complexity index is 3140. The molecule has 1 heterocycles. The molecule has 3 aliphatic rings. The van der Waals surface area contributed by atoms with Crippen molar-refractivity contribution in [3.05, 3.63) is 210 Å². The van der Waals surface area contributed by atoms with E-state index in [4.69, 9.17) is 4.74 Å². The highest BCUT2D eigenvalue weighted by Gasteiger charge is 2.38. The first-order valence-corrected chi connectivity index (χ1v) is 21.1. The minimum absolute atomic E-state index is 0.143. The number of benzene rings is 9. The monoisotopic (exact) mass is 769 g/mol. The van der Waals surface area contributed by atoms with Gasteiger partial charge in [0.1, 0.15) is 11.5 Å². The normalized spacial score (nSPS) is 14.4. The molecule has 0 unspecified atom stereocenters. The van der Waals surface area contributed by atoms with Crippen LogP contribution in [0.25, 0.3) is 66.4 Å². The van der Waals surface area contributed by atoms with Crippen molar-refractivity contribution in [3.63, 3.8) is 0 Å². The minimum Gasteiger partial charge on any atom is -0.456 e. The van der Waals surface area contributed by atoms with Crippen LogP contribution >= 0.6 is 0 Å². The van der Waals surface area contributed by atoms with Crippen molar-refractivity contribution in [2.45, 2.75) is 38.5 Å². The Kier molecular flexibility index (Phi) is 7.36. The molecule has 0 N–H and O–H groups in total. The van der Waals surface area contributed by atoms with Gasteiger partial charge in [0, 0.05) is 44.6 Å². The van der Waals surface area contributed by atoms with E-state index in [9.17, 15) is 0 Å². The second kappa shape index (κ2) is 12.7. The summed E-state index contributed by atoms with van der Waals surface area (Å²) >= 11 is 0. The minimum atomic E-state index is -0.143. The zero-order chi connectivity index (χ0) is 40.3. The lowest BCUT2D eigenvalue weighted by Gasteiger charge is -2.30. The maximum Gasteiger partial charge on any atom is 0.135 e. The first kappa shape index (κ1) is 34.8. The van der Waals surface area contributed by atoms with Crippen LogP contribution in [0.1, 0.15) is 49.9 Å². The summed E-state index contributed by atoms with van der Waals surface area (Å²) in [5, 5.41) is 2.35. The third kappa shape index (κ3) is 5.01. The van der Waals surface area contributed by atoms with Gasteiger partial charge in [-0.1, -0.05) is 161 Å². The van der Waals surface area contributed by atoms with Crippen molar-refractivity contribution >= 4 is 27.8 Å². The van der Waals surface area contributed by atoms with Crippen LogP contribution in [0.15, 0.2) is 188 Å². The van der Waals surface area contributed by atoms with Crippen molar-refractivity contribution in [3.8, 4) is 67.1 Å². The van der Waals surface area contributed by atoms with Gasteiger partial charge in [-0.3, -0.25) is 0 Å². The molecular weight excluding hydrogens is 727 g/mol. The Labute approximate surface area is 352 Å². The lowest BCUT2D eigenvalue weighted by Crippen LogP contribution is -2.18. The molecule has 0 aromatic heterocycles. The van der Waals surface area contributed by atoms with Gasteiger partial charge in [-0.2, -0.15) is 0 Å². The SMILES string of the molecule is CC1(C)c2ccccc2-c2ccc(N(c3ccc4c(c3)-c3c(-c5ccccc5)cccc3-c3cc5ccccc5cc3O4)c3ccc4c(c3)C(C)(C)c3ccccc3-4)cc21. The summed E-state index contributed by atoms with van der Waals surface area (Å²) in [5.41, 5.74) is 20.6. The van der Waals surface area contributed by atoms with Gasteiger partial charge >= 0.3 is 0 Å². The van der Waals surface area contributed by atoms with Crippen molar-refractivity contribution in [1.82, 2.24) is 0 Å². The van der Waals surface area contributed by atoms with Crippen LogP contribution in [-0.4, -0.2) is 0 Å². The van der Waals surface area contributed by atoms with Crippen LogP contribution in [0.3, 0.4) is 0 Å². The molecule has 2 aliphatic carbocycles. The van der Waals surface area contributed by atoms with Crippen LogP contribution in [0, 0.1) is 0 Å². The largest absolute Gasteiger partial charge is 0.456 e. The predicted octanol–water partition coefficient (Wildman–Crippen LogP) is 16.0. The number of nitrogens with zero attached hydrogens (tertiary/aromatic N) is 1. The van der Waals surface area contributed by atoms with Gasteiger partial charge in [0.05, 0.1) is 0 Å². The summed E-state index contributed by atoms with van der Waals surface area (Å²) in [6.45, 7) is 9.46. The fourth-order valence-electron chi connectivity index (χ4n) is 10.6. The molecule has 0 fully saturated rings. The summed E-state index contributed by atoms with van der Waals surface area (Å²) < 4.78 is 7.06. The lowest BCUT2D eigenvalue weighted by molar-refractivity contribution is 0.488. The molecule has 0 saturated heterocycles. The first-order valence-electron chi connectivity index (χ1n) is 21.1. The van der Waals surface area contributed by atoms with Crippen LogP contribution in [0.5, 0.6) is 11.5 Å². The van der Waals surface area contributed by atoms with E-state index in [-0.39, 0.29) is 10.8 Å². The van der Waals surface area contributed by atoms with Gasteiger partial charge in [0.15, 0.2) is 0 Å². The lowest BCUT2D eigenvalue weighted by atomic mass is 9.82. The zero-order valence-electron chi connectivity index (χ0n) is 34.3. The average Bonchev–Trinajstić information content (AvgIpc) is 3.59. The number of anilines is 3. The van der Waals surface area contributed by atoms with Crippen molar-refractivity contribution in [2.24, 2.45) is 0 Å². The Morgan fingerprint density at radius 1 is 0.333 bits per heavy atom. The summed E-state index contributed by atoms with van der Waals surface area (Å²) in [5.74, 6) is 1.71. The van der Waals surface area contributed by atoms with E-state index in [1.807, 2.05) is 0 Å². The highest BCUT2D eigenvalue weighted by molar-refractivity contribution is 6.03. The highest BCUT2D eigenvalue weighted by atomic mass is 16.5. The van der Waals surface area contributed by atoms with E-state index in [0.717, 1.165) is 50.6 Å². The van der Waals surface area contributed by atoms with Crippen LogP contribution < -0.4 is 9.64 Å². The zero-order valence-corrected chi connectivity index (χ0v) is 34.3. The quantitative estimate of drug-likeness (QED) is 0.177. The second-order valence-electron chi connectivity index (χ2n) is 17.7. The number of ether oxygens (including phenoxy) is 1. The topological polar surface area (TPSA) is 12.5 Å². The van der Waals surface area contributed by atoms with Gasteiger partial charge in [-0.25, -0.2) is 0 Å². The van der Waals surface area contributed by atoms with Crippen molar-refractivity contribution in [1.29, 1.82) is 0 Å². The molecule has 0 radical (unpaired) electrons. The number of fused-ring (bicyclic) bond motifs is 12. The predicted molar refractivity (Wildman–Crippen MR) is 250 cm³/mol. The molecule has 2 heteroatoms. The molecule has 0 bridgehead atoms. The van der Waals surface area contributed by atoms with Gasteiger partial charge in [0.25, 0.3) is 0 Å². The number of hydrogen-bond acceptors (Lipinski definition) is 2. The standard InChI is InChI=1S/C58H43NO/c1-57(2)50-23-12-10-19-43(50)45-28-25-40(34-52(45)57)59(41-26-29-46-44-20-11-13-24-51(44)58(3,4)53(46)35-41)39-27-30-54-49(33-39)56-42(36-15-6-5-7-16-36)21-14-22-47(56)48-31-37-17-8-9-18-38(37)32-55(48)60-54/h5-35H,1-4H3. The van der Waals surface area contributed by atoms with Gasteiger partial charge in [-0.05, 0) is 127 Å². The maximum atomic E-state index is 7.06. The fourth-order valence-corrected chi connectivity index (χ4v) is 10.6. The first-order chi connectivity index (χ1) is 29.3. The molecule has 12 rings (SSSR count). The summed E-state index contributed by atoms with van der Waals surface area (Å²) in [6, 6.07) is 69.4. The molecule has 0 atom stereocenters. The van der Waals surface area contributed by atoms with Crippen LogP contribution in [-0.2, 0) is 10.8 Å². The maximum absolute atomic E-state index is 7.06. The molecule has 286 valence electrons. The molecule has 9 aromatic rings. The van der Waals surface area contributed by atoms with E-state index >= 15 is 0 Å². The summed E-state index contributed by atoms with van der Waals surface area (Å²) in [6.07, 6.45) is 0. The van der Waals surface area contributed by atoms with E-state index in [0.29, 0.717) is 0 Å². The van der Waals surface area contributed by atoms with E-state index in [1.54, 1.807) is 0 Å². The smallest absolute Gasteiger partial charge is 0.135 e. The third-order valence-electron chi connectivity index (χ3n) is 13.6. The molecule has 1 aliphatic heterocycles. The molecule has 2 nitrogen and oxygen atoms in total. The van der Waals surface area contributed by atoms with Gasteiger partial charge in [-0.15, -0.1) is 0 Å². The molecule has 9 aromatic carbocycles. The van der Waals surface area contributed by atoms with Gasteiger partial charge < -0.3 is 9.64 Å². The molecule has 60 heavy (non-hydrogen) atoms. The molecule has 0 spiro atoms. The van der Waals surface area contributed by atoms with E-state index in [2.05, 4.69) is 221 Å². The van der Waals surface area contributed by atoms with Crippen LogP contribution in [0.4, 0.5) is 17.1 Å². The Morgan fingerprint density at radius 2 is 0.833 bits per heavy atom. The average molecular weight is 770 g/mol. The number of rotatable bonds is 4. The molecule has 0 amide bonds.